The topological polar surface area (TPSA) is 12.0 Å². The molecule has 1 rings (SSSR count). The Labute approximate surface area is 80.2 Å². The van der Waals surface area contributed by atoms with Crippen LogP contribution in [0.15, 0.2) is 24.3 Å². The molecule has 0 atom stereocenters. The number of rotatable bonds is 4. The van der Waals surface area contributed by atoms with E-state index in [-0.39, 0.29) is 0 Å². The molecule has 0 unspecified atom stereocenters. The number of hydrogen-bond acceptors (Lipinski definition) is 1. The summed E-state index contributed by atoms with van der Waals surface area (Å²) in [5, 5.41) is 3.13. The third-order valence-corrected chi connectivity index (χ3v) is 1.89. The van der Waals surface area contributed by atoms with Crippen molar-refractivity contribution in [1.29, 1.82) is 0 Å². The Morgan fingerprint density at radius 1 is 1.31 bits per heavy atom. The molecule has 0 spiro atoms. The van der Waals surface area contributed by atoms with Gasteiger partial charge in [-0.2, -0.15) is 0 Å². The average molecular weight is 173 g/mol. The summed E-state index contributed by atoms with van der Waals surface area (Å²) in [7, 11) is 0. The molecule has 0 heterocycles. The normalized spacial score (nSPS) is 9.23. The van der Waals surface area contributed by atoms with Gasteiger partial charge in [0.2, 0.25) is 0 Å². The fourth-order valence-electron chi connectivity index (χ4n) is 1.23. The van der Waals surface area contributed by atoms with Crippen LogP contribution >= 0.6 is 0 Å². The first-order valence-corrected chi connectivity index (χ1v) is 4.63. The highest BCUT2D eigenvalue weighted by molar-refractivity contribution is 5.45. The number of anilines is 1. The van der Waals surface area contributed by atoms with Gasteiger partial charge in [-0.1, -0.05) is 31.4 Å². The smallest absolute Gasteiger partial charge is 0.0763 e. The Morgan fingerprint density at radius 2 is 2.00 bits per heavy atom. The highest BCUT2D eigenvalue weighted by Gasteiger charge is 1.91. The van der Waals surface area contributed by atoms with E-state index in [1.165, 1.54) is 12.0 Å². The molecule has 1 heteroatoms. The second kappa shape index (κ2) is 5.27. The van der Waals surface area contributed by atoms with E-state index in [1.807, 2.05) is 0 Å². The Bertz CT molecular complexity index is 279. The lowest BCUT2D eigenvalue weighted by Gasteiger charge is -2.03. The maximum absolute atomic E-state index is 5.14. The van der Waals surface area contributed by atoms with E-state index in [0.717, 1.165) is 12.1 Å². The summed E-state index contributed by atoms with van der Waals surface area (Å²) in [6.45, 7) is 2.78. The van der Waals surface area contributed by atoms with Crippen molar-refractivity contribution in [3.63, 3.8) is 0 Å². The van der Waals surface area contributed by atoms with Crippen molar-refractivity contribution in [2.24, 2.45) is 0 Å². The van der Waals surface area contributed by atoms with Crippen molar-refractivity contribution in [2.45, 2.75) is 19.8 Å². The summed E-state index contributed by atoms with van der Waals surface area (Å²) in [5.41, 5.74) is 2.48. The zero-order valence-corrected chi connectivity index (χ0v) is 8.01. The standard InChI is InChI=1S/C12H15N/c1-3-5-11-6-8-12(9-7-11)13-10-4-2/h2,6-9,13H,3,5,10H2,1H3. The second-order valence-corrected chi connectivity index (χ2v) is 3.00. The van der Waals surface area contributed by atoms with Gasteiger partial charge in [0.25, 0.3) is 0 Å². The van der Waals surface area contributed by atoms with Crippen molar-refractivity contribution in [3.8, 4) is 12.3 Å². The van der Waals surface area contributed by atoms with Crippen molar-refractivity contribution in [2.75, 3.05) is 11.9 Å². The Kier molecular flexibility index (Phi) is 3.92. The van der Waals surface area contributed by atoms with Crippen LogP contribution in [0.2, 0.25) is 0 Å². The second-order valence-electron chi connectivity index (χ2n) is 3.00. The van der Waals surface area contributed by atoms with Gasteiger partial charge in [-0.3, -0.25) is 0 Å². The zero-order chi connectivity index (χ0) is 9.52. The summed E-state index contributed by atoms with van der Waals surface area (Å²) >= 11 is 0. The average Bonchev–Trinajstić information content (AvgIpc) is 2.17. The monoisotopic (exact) mass is 173 g/mol. The Morgan fingerprint density at radius 3 is 2.54 bits per heavy atom. The van der Waals surface area contributed by atoms with E-state index in [4.69, 9.17) is 6.42 Å². The minimum atomic E-state index is 0.590. The van der Waals surface area contributed by atoms with Crippen LogP contribution < -0.4 is 5.32 Å². The van der Waals surface area contributed by atoms with E-state index in [0.29, 0.717) is 6.54 Å². The zero-order valence-electron chi connectivity index (χ0n) is 8.01. The summed E-state index contributed by atoms with van der Waals surface area (Å²) in [4.78, 5) is 0. The van der Waals surface area contributed by atoms with Crippen LogP contribution in [0.1, 0.15) is 18.9 Å². The largest absolute Gasteiger partial charge is 0.374 e. The fraction of sp³-hybridized carbons (Fsp3) is 0.333. The van der Waals surface area contributed by atoms with E-state index in [2.05, 4.69) is 42.4 Å². The molecular weight excluding hydrogens is 158 g/mol. The van der Waals surface area contributed by atoms with E-state index in [9.17, 15) is 0 Å². The van der Waals surface area contributed by atoms with E-state index < -0.39 is 0 Å². The predicted octanol–water partition coefficient (Wildman–Crippen LogP) is 2.68. The Balaban J connectivity index is 2.54. The molecule has 0 radical (unpaired) electrons. The number of hydrogen-bond donors (Lipinski definition) is 1. The summed E-state index contributed by atoms with van der Waals surface area (Å²) in [6.07, 6.45) is 7.48. The van der Waals surface area contributed by atoms with Gasteiger partial charge < -0.3 is 5.32 Å². The predicted molar refractivity (Wildman–Crippen MR) is 57.8 cm³/mol. The first-order chi connectivity index (χ1) is 6.36. The van der Waals surface area contributed by atoms with Crippen LogP contribution in [-0.4, -0.2) is 6.54 Å². The molecule has 1 aromatic carbocycles. The Hall–Kier alpha value is -1.42. The maximum atomic E-state index is 5.14. The van der Waals surface area contributed by atoms with Gasteiger partial charge in [0, 0.05) is 5.69 Å². The molecule has 0 bridgehead atoms. The van der Waals surface area contributed by atoms with Crippen molar-refractivity contribution < 1.29 is 0 Å². The highest BCUT2D eigenvalue weighted by atomic mass is 14.8. The first kappa shape index (κ1) is 9.67. The minimum absolute atomic E-state index is 0.590. The third kappa shape index (κ3) is 3.21. The molecule has 13 heavy (non-hydrogen) atoms. The molecule has 0 aliphatic rings. The van der Waals surface area contributed by atoms with Gasteiger partial charge in [-0.05, 0) is 24.1 Å². The minimum Gasteiger partial charge on any atom is -0.374 e. The molecule has 1 nitrogen and oxygen atoms in total. The lowest BCUT2D eigenvalue weighted by molar-refractivity contribution is 0.922. The van der Waals surface area contributed by atoms with Crippen LogP contribution in [0.25, 0.3) is 0 Å². The number of benzene rings is 1. The van der Waals surface area contributed by atoms with Crippen molar-refractivity contribution in [3.05, 3.63) is 29.8 Å². The molecule has 0 aromatic heterocycles. The van der Waals surface area contributed by atoms with Crippen LogP contribution in [0, 0.1) is 12.3 Å². The molecule has 0 aliphatic carbocycles. The third-order valence-electron chi connectivity index (χ3n) is 1.89. The van der Waals surface area contributed by atoms with Crippen molar-refractivity contribution in [1.82, 2.24) is 0 Å². The lowest BCUT2D eigenvalue weighted by Crippen LogP contribution is -1.97. The summed E-state index contributed by atoms with van der Waals surface area (Å²) < 4.78 is 0. The molecule has 1 N–H and O–H groups in total. The van der Waals surface area contributed by atoms with Gasteiger partial charge in [-0.15, -0.1) is 6.42 Å². The summed E-state index contributed by atoms with van der Waals surface area (Å²) in [6, 6.07) is 8.43. The fourth-order valence-corrected chi connectivity index (χ4v) is 1.23. The van der Waals surface area contributed by atoms with Gasteiger partial charge in [0.05, 0.1) is 6.54 Å². The van der Waals surface area contributed by atoms with Crippen LogP contribution in [0.3, 0.4) is 0 Å². The molecule has 68 valence electrons. The lowest BCUT2D eigenvalue weighted by atomic mass is 10.1. The highest BCUT2D eigenvalue weighted by Crippen LogP contribution is 2.10. The van der Waals surface area contributed by atoms with E-state index in [1.54, 1.807) is 0 Å². The number of terminal acetylenes is 1. The first-order valence-electron chi connectivity index (χ1n) is 4.63. The molecular formula is C12H15N. The maximum Gasteiger partial charge on any atom is 0.0763 e. The molecule has 0 saturated heterocycles. The van der Waals surface area contributed by atoms with Gasteiger partial charge in [-0.25, -0.2) is 0 Å². The number of nitrogens with one attached hydrogen (secondary N) is 1. The number of aryl methyl sites for hydroxylation is 1. The molecule has 1 aromatic rings. The summed E-state index contributed by atoms with van der Waals surface area (Å²) in [5.74, 6) is 2.54. The van der Waals surface area contributed by atoms with Crippen LogP contribution in [0.5, 0.6) is 0 Å². The molecule has 0 amide bonds. The molecule has 0 aliphatic heterocycles. The molecule has 0 fully saturated rings. The van der Waals surface area contributed by atoms with Gasteiger partial charge in [0.1, 0.15) is 0 Å². The van der Waals surface area contributed by atoms with Gasteiger partial charge >= 0.3 is 0 Å². The molecule has 0 saturated carbocycles. The van der Waals surface area contributed by atoms with E-state index >= 15 is 0 Å². The van der Waals surface area contributed by atoms with Gasteiger partial charge in [0.15, 0.2) is 0 Å². The van der Waals surface area contributed by atoms with Crippen molar-refractivity contribution >= 4 is 5.69 Å². The van der Waals surface area contributed by atoms with Crippen LogP contribution in [0.4, 0.5) is 5.69 Å². The quantitative estimate of drug-likeness (QED) is 0.690. The SMILES string of the molecule is C#CCNc1ccc(CCC)cc1. The van der Waals surface area contributed by atoms with Crippen LogP contribution in [-0.2, 0) is 6.42 Å².